The number of hydrogen-bond acceptors (Lipinski definition) is 6. The Morgan fingerprint density at radius 2 is 2.05 bits per heavy atom. The summed E-state index contributed by atoms with van der Waals surface area (Å²) >= 11 is 0. The van der Waals surface area contributed by atoms with E-state index in [1.807, 2.05) is 0 Å². The third-order valence-corrected chi connectivity index (χ3v) is 3.77. The summed E-state index contributed by atoms with van der Waals surface area (Å²) in [6.45, 7) is 3.42. The number of sulfonamides is 1. The predicted octanol–water partition coefficient (Wildman–Crippen LogP) is -0.232. The highest BCUT2D eigenvalue weighted by molar-refractivity contribution is 7.89. The number of primary sulfonamides is 1. The average molecular weight is 285 g/mol. The van der Waals surface area contributed by atoms with Crippen LogP contribution in [-0.2, 0) is 14.8 Å². The number of nitrogens with zero attached hydrogens (tertiary/aromatic N) is 2. The topological polar surface area (TPSA) is 103 Å². The molecule has 0 radical (unpaired) electrons. The van der Waals surface area contributed by atoms with E-state index in [4.69, 9.17) is 9.88 Å². The van der Waals surface area contributed by atoms with Crippen LogP contribution in [0.2, 0.25) is 0 Å². The summed E-state index contributed by atoms with van der Waals surface area (Å²) in [6.07, 6.45) is 1.36. The van der Waals surface area contributed by atoms with Crippen molar-refractivity contribution in [1.29, 1.82) is 0 Å². The first kappa shape index (κ1) is 13.9. The van der Waals surface area contributed by atoms with E-state index >= 15 is 0 Å². The summed E-state index contributed by atoms with van der Waals surface area (Å²) in [5.74, 6) is 0.0155. The molecule has 0 aromatic carbocycles. The van der Waals surface area contributed by atoms with E-state index in [1.165, 1.54) is 19.2 Å². The van der Waals surface area contributed by atoms with Gasteiger partial charge in [0.1, 0.15) is 10.7 Å². The van der Waals surface area contributed by atoms with Gasteiger partial charge in [0.25, 0.3) is 0 Å². The maximum Gasteiger partial charge on any atom is 0.241 e. The molecule has 1 saturated heterocycles. The Labute approximate surface area is 111 Å². The summed E-state index contributed by atoms with van der Waals surface area (Å²) in [5, 5.41) is 5.20. The summed E-state index contributed by atoms with van der Waals surface area (Å²) < 4.78 is 28.5. The quantitative estimate of drug-likeness (QED) is 0.769. The monoisotopic (exact) mass is 285 g/mol. The van der Waals surface area contributed by atoms with Crippen molar-refractivity contribution >= 4 is 21.6 Å². The Morgan fingerprint density at radius 3 is 2.58 bits per heavy atom. The van der Waals surface area contributed by atoms with Crippen LogP contribution in [0.3, 0.4) is 0 Å². The molecule has 1 aromatic heterocycles. The van der Waals surface area contributed by atoms with Crippen LogP contribution in [-0.4, -0.2) is 45.5 Å². The Hall–Kier alpha value is -1.51. The SMILES string of the molecule is CC(=O)c1cnc(N2CCOCC2)c(S(N)(=O)=O)c1. The van der Waals surface area contributed by atoms with Gasteiger partial charge in [0, 0.05) is 24.8 Å². The number of ketones is 1. The van der Waals surface area contributed by atoms with Crippen molar-refractivity contribution in [1.82, 2.24) is 4.98 Å². The van der Waals surface area contributed by atoms with Crippen LogP contribution in [0, 0.1) is 0 Å². The second-order valence-corrected chi connectivity index (χ2v) is 5.78. The lowest BCUT2D eigenvalue weighted by molar-refractivity contribution is 0.101. The number of anilines is 1. The number of pyridine rings is 1. The molecular weight excluding hydrogens is 270 g/mol. The maximum absolute atomic E-state index is 11.6. The van der Waals surface area contributed by atoms with Crippen LogP contribution in [0.15, 0.2) is 17.2 Å². The lowest BCUT2D eigenvalue weighted by atomic mass is 10.2. The number of morpholine rings is 1. The van der Waals surface area contributed by atoms with Crippen LogP contribution in [0.25, 0.3) is 0 Å². The molecule has 0 amide bonds. The van der Waals surface area contributed by atoms with Crippen LogP contribution < -0.4 is 10.0 Å². The van der Waals surface area contributed by atoms with E-state index in [9.17, 15) is 13.2 Å². The van der Waals surface area contributed by atoms with Gasteiger partial charge in [-0.2, -0.15) is 0 Å². The normalized spacial score (nSPS) is 16.4. The molecule has 1 aliphatic heterocycles. The van der Waals surface area contributed by atoms with Gasteiger partial charge >= 0.3 is 0 Å². The minimum absolute atomic E-state index is 0.123. The molecule has 2 N–H and O–H groups in total. The number of Topliss-reactive ketones (excluding diaryl/α,β-unsaturated/α-hetero) is 1. The average Bonchev–Trinajstić information content (AvgIpc) is 2.38. The molecule has 7 nitrogen and oxygen atoms in total. The van der Waals surface area contributed by atoms with Crippen molar-refractivity contribution in [2.24, 2.45) is 5.14 Å². The summed E-state index contributed by atoms with van der Waals surface area (Å²) in [4.78, 5) is 17.0. The first-order valence-electron chi connectivity index (χ1n) is 5.76. The molecule has 8 heteroatoms. The van der Waals surface area contributed by atoms with Gasteiger partial charge in [-0.15, -0.1) is 0 Å². The summed E-state index contributed by atoms with van der Waals surface area (Å²) in [5.41, 5.74) is 0.223. The predicted molar refractivity (Wildman–Crippen MR) is 68.6 cm³/mol. The van der Waals surface area contributed by atoms with E-state index in [-0.39, 0.29) is 22.1 Å². The van der Waals surface area contributed by atoms with Gasteiger partial charge in [-0.3, -0.25) is 4.79 Å². The lowest BCUT2D eigenvalue weighted by Crippen LogP contribution is -2.38. The van der Waals surface area contributed by atoms with Gasteiger partial charge in [-0.1, -0.05) is 0 Å². The Balaban J connectivity index is 2.50. The van der Waals surface area contributed by atoms with Gasteiger partial charge in [-0.25, -0.2) is 18.5 Å². The summed E-state index contributed by atoms with van der Waals surface area (Å²) in [6, 6.07) is 1.27. The number of ether oxygens (including phenoxy) is 1. The van der Waals surface area contributed by atoms with Crippen LogP contribution in [0.4, 0.5) is 5.82 Å². The van der Waals surface area contributed by atoms with Crippen LogP contribution in [0.1, 0.15) is 17.3 Å². The minimum atomic E-state index is -3.94. The van der Waals surface area contributed by atoms with E-state index in [0.717, 1.165) is 0 Å². The second kappa shape index (κ2) is 5.24. The molecular formula is C11H15N3O4S. The highest BCUT2D eigenvalue weighted by Gasteiger charge is 2.23. The fraction of sp³-hybridized carbons (Fsp3) is 0.455. The molecule has 1 aliphatic rings. The van der Waals surface area contributed by atoms with Gasteiger partial charge < -0.3 is 9.64 Å². The molecule has 0 bridgehead atoms. The molecule has 0 aliphatic carbocycles. The number of aromatic nitrogens is 1. The Morgan fingerprint density at radius 1 is 1.42 bits per heavy atom. The van der Waals surface area contributed by atoms with Crippen molar-refractivity contribution in [2.75, 3.05) is 31.2 Å². The third kappa shape index (κ3) is 3.09. The van der Waals surface area contributed by atoms with Crippen molar-refractivity contribution in [3.8, 4) is 0 Å². The first-order chi connectivity index (χ1) is 8.89. The van der Waals surface area contributed by atoms with E-state index < -0.39 is 10.0 Å². The molecule has 19 heavy (non-hydrogen) atoms. The van der Waals surface area contributed by atoms with Crippen LogP contribution in [0.5, 0.6) is 0 Å². The molecule has 0 spiro atoms. The van der Waals surface area contributed by atoms with E-state index in [2.05, 4.69) is 4.98 Å². The van der Waals surface area contributed by atoms with E-state index in [0.29, 0.717) is 26.3 Å². The molecule has 0 atom stereocenters. The molecule has 2 heterocycles. The molecule has 2 rings (SSSR count). The zero-order chi connectivity index (χ0) is 14.0. The third-order valence-electron chi connectivity index (χ3n) is 2.86. The zero-order valence-corrected chi connectivity index (χ0v) is 11.3. The number of rotatable bonds is 3. The molecule has 1 aromatic rings. The van der Waals surface area contributed by atoms with Crippen molar-refractivity contribution in [3.63, 3.8) is 0 Å². The lowest BCUT2D eigenvalue weighted by Gasteiger charge is -2.29. The van der Waals surface area contributed by atoms with Crippen molar-refractivity contribution < 1.29 is 17.9 Å². The fourth-order valence-corrected chi connectivity index (χ4v) is 2.58. The van der Waals surface area contributed by atoms with Crippen LogP contribution >= 0.6 is 0 Å². The van der Waals surface area contributed by atoms with E-state index in [1.54, 1.807) is 4.90 Å². The number of carbonyl (C=O) groups is 1. The van der Waals surface area contributed by atoms with Crippen molar-refractivity contribution in [3.05, 3.63) is 17.8 Å². The first-order valence-corrected chi connectivity index (χ1v) is 7.30. The van der Waals surface area contributed by atoms with Gasteiger partial charge in [0.2, 0.25) is 10.0 Å². The van der Waals surface area contributed by atoms with Crippen molar-refractivity contribution in [2.45, 2.75) is 11.8 Å². The van der Waals surface area contributed by atoms with Gasteiger partial charge in [-0.05, 0) is 13.0 Å². The highest BCUT2D eigenvalue weighted by atomic mass is 32.2. The fourth-order valence-electron chi connectivity index (χ4n) is 1.85. The Kier molecular flexibility index (Phi) is 3.83. The minimum Gasteiger partial charge on any atom is -0.378 e. The largest absolute Gasteiger partial charge is 0.378 e. The van der Waals surface area contributed by atoms with Gasteiger partial charge in [0.05, 0.1) is 13.2 Å². The number of nitrogens with two attached hydrogens (primary N) is 1. The Bertz CT molecular complexity index is 594. The highest BCUT2D eigenvalue weighted by Crippen LogP contribution is 2.23. The molecule has 104 valence electrons. The van der Waals surface area contributed by atoms with Gasteiger partial charge in [0.15, 0.2) is 5.78 Å². The smallest absolute Gasteiger partial charge is 0.241 e. The summed E-state index contributed by atoms with van der Waals surface area (Å²) in [7, 11) is -3.94. The number of carbonyl (C=O) groups excluding carboxylic acids is 1. The molecule has 1 fully saturated rings. The molecule has 0 saturated carbocycles. The zero-order valence-electron chi connectivity index (χ0n) is 10.5. The maximum atomic E-state index is 11.6. The standard InChI is InChI=1S/C11H15N3O4S/c1-8(15)9-6-10(19(12,16)17)11(13-7-9)14-2-4-18-5-3-14/h6-7H,2-5H2,1H3,(H2,12,16,17). The molecule has 0 unspecified atom stereocenters. The number of hydrogen-bond donors (Lipinski definition) is 1. The second-order valence-electron chi connectivity index (χ2n) is 4.25.